The van der Waals surface area contributed by atoms with Gasteiger partial charge in [-0.3, -0.25) is 0 Å². The molecule has 0 aromatic carbocycles. The van der Waals surface area contributed by atoms with Gasteiger partial charge in [-0.2, -0.15) is 0 Å². The van der Waals surface area contributed by atoms with Crippen molar-refractivity contribution in [1.29, 1.82) is 0 Å². The Kier molecular flexibility index (Phi) is 13.5. The SMILES string of the molecule is CC(C)C.CCC(C)C[CH2][AlH2]. The van der Waals surface area contributed by atoms with E-state index in [9.17, 15) is 0 Å². The third-order valence-corrected chi connectivity index (χ3v) is 2.06. The number of rotatable bonds is 3. The Labute approximate surface area is 81.2 Å². The zero-order valence-corrected chi connectivity index (χ0v) is 11.3. The molecule has 0 aliphatic heterocycles. The Morgan fingerprint density at radius 3 is 1.55 bits per heavy atom. The van der Waals surface area contributed by atoms with Crippen molar-refractivity contribution in [3.63, 3.8) is 0 Å². The minimum absolute atomic E-state index is 0.833. The fourth-order valence-electron chi connectivity index (χ4n) is 0.697. The molecular formula is C10H25Al. The summed E-state index contributed by atoms with van der Waals surface area (Å²) in [5.74, 6) is 1.82. The van der Waals surface area contributed by atoms with E-state index in [4.69, 9.17) is 0 Å². The molecule has 1 atom stereocenters. The lowest BCUT2D eigenvalue weighted by molar-refractivity contribution is 0.544. The van der Waals surface area contributed by atoms with Crippen LogP contribution in [0.5, 0.6) is 0 Å². The van der Waals surface area contributed by atoms with Crippen molar-refractivity contribution in [3.8, 4) is 0 Å². The molecule has 0 radical (unpaired) electrons. The summed E-state index contributed by atoms with van der Waals surface area (Å²) in [5, 5.41) is 1.48. The van der Waals surface area contributed by atoms with Gasteiger partial charge in [-0.1, -0.05) is 47.5 Å². The summed E-state index contributed by atoms with van der Waals surface area (Å²) in [7, 11) is 0. The molecule has 0 aromatic heterocycles. The Morgan fingerprint density at radius 1 is 1.09 bits per heavy atom. The molecule has 11 heavy (non-hydrogen) atoms. The highest BCUT2D eigenvalue weighted by molar-refractivity contribution is 6.08. The van der Waals surface area contributed by atoms with Crippen LogP contribution in [-0.4, -0.2) is 16.3 Å². The first kappa shape index (κ1) is 14.1. The maximum absolute atomic E-state index is 2.33. The molecular weight excluding hydrogens is 147 g/mol. The highest BCUT2D eigenvalue weighted by atomic mass is 27.0. The van der Waals surface area contributed by atoms with Crippen LogP contribution >= 0.6 is 0 Å². The van der Waals surface area contributed by atoms with Crippen molar-refractivity contribution in [2.24, 2.45) is 11.8 Å². The Morgan fingerprint density at radius 2 is 1.45 bits per heavy atom. The fourth-order valence-corrected chi connectivity index (χ4v) is 1.68. The monoisotopic (exact) mass is 172 g/mol. The van der Waals surface area contributed by atoms with Crippen LogP contribution in [0.2, 0.25) is 5.28 Å². The standard InChI is InChI=1S/C6H13.C4H10.Al.2H/c1-4-6(3)5-2;1-4(2)3;;;/h6H,1,4-5H2,2-3H3;4H,1-3H3;;;. The Balaban J connectivity index is 0. The van der Waals surface area contributed by atoms with Crippen LogP contribution in [0.25, 0.3) is 0 Å². The largest absolute Gasteiger partial charge is 0.211 e. The highest BCUT2D eigenvalue weighted by Gasteiger charge is 1.92. The maximum atomic E-state index is 2.33. The van der Waals surface area contributed by atoms with E-state index in [1.165, 1.54) is 34.4 Å². The van der Waals surface area contributed by atoms with E-state index in [1.807, 2.05) is 0 Å². The van der Waals surface area contributed by atoms with Gasteiger partial charge in [0.1, 0.15) is 0 Å². The van der Waals surface area contributed by atoms with Crippen LogP contribution < -0.4 is 0 Å². The van der Waals surface area contributed by atoms with E-state index >= 15 is 0 Å². The van der Waals surface area contributed by atoms with Crippen molar-refractivity contribution in [3.05, 3.63) is 0 Å². The normalized spacial score (nSPS) is 12.2. The van der Waals surface area contributed by atoms with Gasteiger partial charge < -0.3 is 0 Å². The molecule has 0 heterocycles. The summed E-state index contributed by atoms with van der Waals surface area (Å²) in [6.45, 7) is 11.1. The van der Waals surface area contributed by atoms with Gasteiger partial charge in [-0.05, 0) is 11.8 Å². The van der Waals surface area contributed by atoms with Gasteiger partial charge >= 0.3 is 0 Å². The molecule has 0 rings (SSSR count). The highest BCUT2D eigenvalue weighted by Crippen LogP contribution is 2.06. The Bertz CT molecular complexity index is 57.1. The minimum atomic E-state index is 0.833. The summed E-state index contributed by atoms with van der Waals surface area (Å²) >= 11 is 1.39. The average Bonchev–Trinajstić information content (AvgIpc) is 1.87. The van der Waals surface area contributed by atoms with Crippen LogP contribution in [0.1, 0.15) is 47.5 Å². The van der Waals surface area contributed by atoms with E-state index in [1.54, 1.807) is 0 Å². The third-order valence-electron chi connectivity index (χ3n) is 1.48. The van der Waals surface area contributed by atoms with Crippen molar-refractivity contribution >= 4 is 16.3 Å². The topological polar surface area (TPSA) is 0 Å². The van der Waals surface area contributed by atoms with Gasteiger partial charge in [0.25, 0.3) is 0 Å². The van der Waals surface area contributed by atoms with E-state index in [0.717, 1.165) is 11.8 Å². The first-order chi connectivity index (χ1) is 5.04. The van der Waals surface area contributed by atoms with Gasteiger partial charge in [0, 0.05) is 0 Å². The van der Waals surface area contributed by atoms with E-state index in [2.05, 4.69) is 34.6 Å². The summed E-state index contributed by atoms with van der Waals surface area (Å²) in [5.41, 5.74) is 0. The Hall–Kier alpha value is 0.532. The zero-order valence-electron chi connectivity index (χ0n) is 9.28. The predicted octanol–water partition coefficient (Wildman–Crippen LogP) is 3.14. The lowest BCUT2D eigenvalue weighted by Gasteiger charge is -2.02. The smallest absolute Gasteiger partial charge is 0.101 e. The molecule has 0 spiro atoms. The maximum Gasteiger partial charge on any atom is 0.211 e. The molecule has 0 N–H and O–H groups in total. The molecule has 1 heteroatoms. The second-order valence-corrected chi connectivity index (χ2v) is 5.03. The predicted molar refractivity (Wildman–Crippen MR) is 57.9 cm³/mol. The van der Waals surface area contributed by atoms with Crippen molar-refractivity contribution in [1.82, 2.24) is 0 Å². The van der Waals surface area contributed by atoms with Gasteiger partial charge in [0.05, 0.1) is 0 Å². The van der Waals surface area contributed by atoms with Crippen LogP contribution in [-0.2, 0) is 0 Å². The molecule has 0 aliphatic rings. The summed E-state index contributed by atoms with van der Waals surface area (Å²) in [6.07, 6.45) is 2.82. The summed E-state index contributed by atoms with van der Waals surface area (Å²) in [6, 6.07) is 0. The van der Waals surface area contributed by atoms with Gasteiger partial charge in [-0.15, -0.1) is 5.28 Å². The molecule has 0 saturated heterocycles. The fraction of sp³-hybridized carbons (Fsp3) is 1.00. The van der Waals surface area contributed by atoms with E-state index in [-0.39, 0.29) is 0 Å². The zero-order chi connectivity index (χ0) is 9.28. The first-order valence-electron chi connectivity index (χ1n) is 5.04. The minimum Gasteiger partial charge on any atom is -0.101 e. The molecule has 0 nitrogen and oxygen atoms in total. The molecule has 0 aromatic rings. The lowest BCUT2D eigenvalue weighted by Crippen LogP contribution is -1.89. The lowest BCUT2D eigenvalue weighted by atomic mass is 10.1. The quantitative estimate of drug-likeness (QED) is 0.574. The van der Waals surface area contributed by atoms with Gasteiger partial charge in [-0.25, -0.2) is 0 Å². The third kappa shape index (κ3) is 25.1. The number of hydrogen-bond donors (Lipinski definition) is 0. The van der Waals surface area contributed by atoms with Crippen molar-refractivity contribution < 1.29 is 0 Å². The average molecular weight is 172 g/mol. The molecule has 0 aliphatic carbocycles. The summed E-state index contributed by atoms with van der Waals surface area (Å²) < 4.78 is 0. The van der Waals surface area contributed by atoms with Gasteiger partial charge in [0.2, 0.25) is 16.3 Å². The van der Waals surface area contributed by atoms with E-state index in [0.29, 0.717) is 0 Å². The number of hydrogen-bond acceptors (Lipinski definition) is 0. The molecule has 0 amide bonds. The first-order valence-corrected chi connectivity index (χ1v) is 6.45. The molecule has 0 bridgehead atoms. The molecule has 0 fully saturated rings. The second-order valence-electron chi connectivity index (χ2n) is 4.03. The van der Waals surface area contributed by atoms with Crippen LogP contribution in [0, 0.1) is 11.8 Å². The van der Waals surface area contributed by atoms with Crippen LogP contribution in [0.15, 0.2) is 0 Å². The summed E-state index contributed by atoms with van der Waals surface area (Å²) in [4.78, 5) is 0. The van der Waals surface area contributed by atoms with Crippen molar-refractivity contribution in [2.45, 2.75) is 52.7 Å². The van der Waals surface area contributed by atoms with Crippen LogP contribution in [0.4, 0.5) is 0 Å². The molecule has 0 saturated carbocycles. The van der Waals surface area contributed by atoms with Crippen molar-refractivity contribution in [2.75, 3.05) is 0 Å². The van der Waals surface area contributed by atoms with Gasteiger partial charge in [0.15, 0.2) is 0 Å². The molecule has 68 valence electrons. The molecule has 1 unspecified atom stereocenters. The van der Waals surface area contributed by atoms with Crippen LogP contribution in [0.3, 0.4) is 0 Å². The second kappa shape index (κ2) is 10.5. The van der Waals surface area contributed by atoms with E-state index < -0.39 is 0 Å².